The maximum Gasteiger partial charge on any atom is 0.418 e. The van der Waals surface area contributed by atoms with Crippen molar-refractivity contribution in [3.63, 3.8) is 0 Å². The number of para-hydroxylation sites is 1. The van der Waals surface area contributed by atoms with Gasteiger partial charge in [-0.1, -0.05) is 18.2 Å². The maximum absolute atomic E-state index is 13.0. The molecule has 1 aromatic heterocycles. The van der Waals surface area contributed by atoms with Crippen LogP contribution in [-0.4, -0.2) is 15.1 Å². The van der Waals surface area contributed by atoms with Crippen molar-refractivity contribution in [3.05, 3.63) is 53.7 Å². The molecule has 0 spiro atoms. The zero-order valence-electron chi connectivity index (χ0n) is 11.5. The van der Waals surface area contributed by atoms with E-state index in [0.717, 1.165) is 6.07 Å². The summed E-state index contributed by atoms with van der Waals surface area (Å²) in [5.74, 6) is 0.0582. The third kappa shape index (κ3) is 2.47. The molecule has 0 amide bonds. The Bertz CT molecular complexity index is 860. The van der Waals surface area contributed by atoms with Gasteiger partial charge in [-0.05, 0) is 31.2 Å². The van der Waals surface area contributed by atoms with Gasteiger partial charge in [-0.2, -0.15) is 13.2 Å². The molecule has 3 nitrogen and oxygen atoms in total. The van der Waals surface area contributed by atoms with Gasteiger partial charge in [-0.25, -0.2) is 9.97 Å². The van der Waals surface area contributed by atoms with Crippen LogP contribution in [-0.2, 0) is 6.18 Å². The second kappa shape index (κ2) is 4.98. The van der Waals surface area contributed by atoms with Gasteiger partial charge in [0, 0.05) is 5.56 Å². The van der Waals surface area contributed by atoms with Crippen molar-refractivity contribution in [2.75, 3.05) is 0 Å². The second-order valence-electron chi connectivity index (χ2n) is 4.88. The molecule has 0 saturated heterocycles. The summed E-state index contributed by atoms with van der Waals surface area (Å²) in [5, 5.41) is 9.53. The molecule has 3 rings (SSSR count). The standard InChI is InChI=1S/C16H11F3N2O/c1-9-14(10-4-2-5-11(22)8-10)21-13-7-3-6-12(15(13)20-9)16(17,18)19/h2-8,22H,1H3. The average Bonchev–Trinajstić information content (AvgIpc) is 2.45. The molecule has 0 unspecified atom stereocenters. The van der Waals surface area contributed by atoms with E-state index in [0.29, 0.717) is 17.0 Å². The Kier molecular flexibility index (Phi) is 3.24. The molecule has 2 aromatic carbocycles. The number of hydrogen-bond donors (Lipinski definition) is 1. The topological polar surface area (TPSA) is 46.0 Å². The summed E-state index contributed by atoms with van der Waals surface area (Å²) in [6.07, 6.45) is -4.48. The summed E-state index contributed by atoms with van der Waals surface area (Å²) in [4.78, 5) is 8.37. The quantitative estimate of drug-likeness (QED) is 0.728. The molecular weight excluding hydrogens is 293 g/mol. The van der Waals surface area contributed by atoms with E-state index in [4.69, 9.17) is 0 Å². The molecule has 112 valence electrons. The van der Waals surface area contributed by atoms with Crippen molar-refractivity contribution in [2.45, 2.75) is 13.1 Å². The lowest BCUT2D eigenvalue weighted by atomic mass is 10.1. The molecule has 0 fully saturated rings. The summed E-state index contributed by atoms with van der Waals surface area (Å²) in [6, 6.07) is 10.2. The van der Waals surface area contributed by atoms with Gasteiger partial charge in [0.15, 0.2) is 0 Å². The van der Waals surface area contributed by atoms with Gasteiger partial charge in [0.25, 0.3) is 0 Å². The lowest BCUT2D eigenvalue weighted by Gasteiger charge is -2.12. The van der Waals surface area contributed by atoms with Crippen molar-refractivity contribution < 1.29 is 18.3 Å². The molecule has 22 heavy (non-hydrogen) atoms. The van der Waals surface area contributed by atoms with Crippen LogP contribution in [0.4, 0.5) is 13.2 Å². The van der Waals surface area contributed by atoms with E-state index >= 15 is 0 Å². The van der Waals surface area contributed by atoms with Crippen molar-refractivity contribution in [1.82, 2.24) is 9.97 Å². The third-order valence-electron chi connectivity index (χ3n) is 3.29. The number of fused-ring (bicyclic) bond motifs is 1. The van der Waals surface area contributed by atoms with Crippen molar-refractivity contribution in [1.29, 1.82) is 0 Å². The number of hydrogen-bond acceptors (Lipinski definition) is 3. The fraction of sp³-hybridized carbons (Fsp3) is 0.125. The number of aromatic nitrogens is 2. The monoisotopic (exact) mass is 304 g/mol. The summed E-state index contributed by atoms with van der Waals surface area (Å²) in [5.41, 5.74) is 0.611. The van der Waals surface area contributed by atoms with E-state index in [1.165, 1.54) is 24.3 Å². The summed E-state index contributed by atoms with van der Waals surface area (Å²) in [6.45, 7) is 1.60. The number of nitrogens with zero attached hydrogens (tertiary/aromatic N) is 2. The first-order valence-corrected chi connectivity index (χ1v) is 6.50. The van der Waals surface area contributed by atoms with Gasteiger partial charge in [0.2, 0.25) is 0 Å². The Hall–Kier alpha value is -2.63. The van der Waals surface area contributed by atoms with Crippen LogP contribution in [0.3, 0.4) is 0 Å². The van der Waals surface area contributed by atoms with Gasteiger partial charge in [-0.15, -0.1) is 0 Å². The van der Waals surface area contributed by atoms with Gasteiger partial charge >= 0.3 is 6.18 Å². The molecule has 0 aliphatic carbocycles. The molecule has 3 aromatic rings. The van der Waals surface area contributed by atoms with E-state index in [1.807, 2.05) is 0 Å². The number of aryl methyl sites for hydroxylation is 1. The number of aromatic hydroxyl groups is 1. The maximum atomic E-state index is 13.0. The van der Waals surface area contributed by atoms with Crippen LogP contribution in [0.2, 0.25) is 0 Å². The Morgan fingerprint density at radius 3 is 2.41 bits per heavy atom. The highest BCUT2D eigenvalue weighted by molar-refractivity contribution is 5.82. The lowest BCUT2D eigenvalue weighted by molar-refractivity contribution is -0.136. The highest BCUT2D eigenvalue weighted by atomic mass is 19.4. The van der Waals surface area contributed by atoms with Crippen LogP contribution in [0.1, 0.15) is 11.3 Å². The van der Waals surface area contributed by atoms with Gasteiger partial charge in [-0.3, -0.25) is 0 Å². The summed E-state index contributed by atoms with van der Waals surface area (Å²) in [7, 11) is 0. The number of rotatable bonds is 1. The predicted molar refractivity (Wildman–Crippen MR) is 76.4 cm³/mol. The number of halogens is 3. The van der Waals surface area contributed by atoms with E-state index < -0.39 is 11.7 Å². The van der Waals surface area contributed by atoms with E-state index in [1.54, 1.807) is 19.1 Å². The van der Waals surface area contributed by atoms with E-state index in [2.05, 4.69) is 9.97 Å². The first-order chi connectivity index (χ1) is 10.4. The van der Waals surface area contributed by atoms with E-state index in [-0.39, 0.29) is 16.8 Å². The minimum Gasteiger partial charge on any atom is -0.508 e. The minimum absolute atomic E-state index is 0.0582. The van der Waals surface area contributed by atoms with Crippen LogP contribution in [0.25, 0.3) is 22.3 Å². The molecule has 0 aliphatic heterocycles. The zero-order valence-corrected chi connectivity index (χ0v) is 11.5. The predicted octanol–water partition coefficient (Wildman–Crippen LogP) is 4.33. The van der Waals surface area contributed by atoms with Crippen LogP contribution in [0.15, 0.2) is 42.5 Å². The molecule has 0 saturated carbocycles. The average molecular weight is 304 g/mol. The first kappa shape index (κ1) is 14.3. The lowest BCUT2D eigenvalue weighted by Crippen LogP contribution is -2.08. The van der Waals surface area contributed by atoms with Crippen LogP contribution < -0.4 is 0 Å². The number of phenols is 1. The SMILES string of the molecule is Cc1nc2c(C(F)(F)F)cccc2nc1-c1cccc(O)c1. The molecule has 0 bridgehead atoms. The molecule has 0 radical (unpaired) electrons. The molecule has 0 aliphatic rings. The molecular formula is C16H11F3N2O. The zero-order chi connectivity index (χ0) is 15.9. The minimum atomic E-state index is -4.48. The molecule has 1 N–H and O–H groups in total. The fourth-order valence-electron chi connectivity index (χ4n) is 2.32. The van der Waals surface area contributed by atoms with Crippen molar-refractivity contribution in [3.8, 4) is 17.0 Å². The number of alkyl halides is 3. The van der Waals surface area contributed by atoms with Crippen LogP contribution >= 0.6 is 0 Å². The highest BCUT2D eigenvalue weighted by Gasteiger charge is 2.33. The Balaban J connectivity index is 2.27. The molecule has 0 atom stereocenters. The first-order valence-electron chi connectivity index (χ1n) is 6.50. The normalized spacial score (nSPS) is 11.8. The second-order valence-corrected chi connectivity index (χ2v) is 4.88. The van der Waals surface area contributed by atoms with Crippen LogP contribution in [0, 0.1) is 6.92 Å². The Morgan fingerprint density at radius 1 is 1.00 bits per heavy atom. The Morgan fingerprint density at radius 2 is 1.73 bits per heavy atom. The summed E-state index contributed by atoms with van der Waals surface area (Å²) < 4.78 is 39.1. The van der Waals surface area contributed by atoms with Crippen LogP contribution in [0.5, 0.6) is 5.75 Å². The van der Waals surface area contributed by atoms with Gasteiger partial charge < -0.3 is 5.11 Å². The fourth-order valence-corrected chi connectivity index (χ4v) is 2.32. The largest absolute Gasteiger partial charge is 0.508 e. The number of phenolic OH excluding ortho intramolecular Hbond substituents is 1. The Labute approximate surface area is 124 Å². The molecule has 1 heterocycles. The molecule has 6 heteroatoms. The summed E-state index contributed by atoms with van der Waals surface area (Å²) >= 11 is 0. The van der Waals surface area contributed by atoms with Gasteiger partial charge in [0.1, 0.15) is 11.3 Å². The highest BCUT2D eigenvalue weighted by Crippen LogP contribution is 2.34. The van der Waals surface area contributed by atoms with Gasteiger partial charge in [0.05, 0.1) is 22.5 Å². The van der Waals surface area contributed by atoms with Crippen molar-refractivity contribution in [2.24, 2.45) is 0 Å². The third-order valence-corrected chi connectivity index (χ3v) is 3.29. The van der Waals surface area contributed by atoms with E-state index in [9.17, 15) is 18.3 Å². The smallest absolute Gasteiger partial charge is 0.418 e. The van der Waals surface area contributed by atoms with Crippen molar-refractivity contribution >= 4 is 11.0 Å². The number of benzene rings is 2.